The van der Waals surface area contributed by atoms with Gasteiger partial charge in [-0.15, -0.1) is 0 Å². The van der Waals surface area contributed by atoms with E-state index in [1.54, 1.807) is 6.92 Å². The van der Waals surface area contributed by atoms with Crippen LogP contribution >= 0.6 is 0 Å². The van der Waals surface area contributed by atoms with Crippen molar-refractivity contribution in [1.29, 1.82) is 0 Å². The van der Waals surface area contributed by atoms with E-state index in [0.717, 1.165) is 6.42 Å². The van der Waals surface area contributed by atoms with E-state index in [0.29, 0.717) is 6.42 Å². The zero-order chi connectivity index (χ0) is 10.6. The van der Waals surface area contributed by atoms with Crippen molar-refractivity contribution >= 4 is 11.9 Å². The van der Waals surface area contributed by atoms with Crippen LogP contribution in [0.15, 0.2) is 0 Å². The molecule has 0 aromatic rings. The van der Waals surface area contributed by atoms with Crippen molar-refractivity contribution in [3.8, 4) is 0 Å². The Labute approximate surface area is 78.1 Å². The van der Waals surface area contributed by atoms with E-state index in [1.807, 2.05) is 6.92 Å². The molecule has 76 valence electrons. The Balaban J connectivity index is 4.79. The Morgan fingerprint density at radius 1 is 1.54 bits per heavy atom. The van der Waals surface area contributed by atoms with Crippen molar-refractivity contribution in [2.45, 2.75) is 33.6 Å². The smallest absolute Gasteiger partial charge is 0.319 e. The van der Waals surface area contributed by atoms with Gasteiger partial charge in [-0.1, -0.05) is 20.3 Å². The zero-order valence-electron chi connectivity index (χ0n) is 8.33. The molecule has 0 saturated carbocycles. The molecule has 0 aromatic heterocycles. The maximum Gasteiger partial charge on any atom is 0.319 e. The fourth-order valence-electron chi connectivity index (χ4n) is 1.28. The third kappa shape index (κ3) is 2.20. The normalized spacial score (nSPS) is 17.5. The Morgan fingerprint density at radius 2 is 2.00 bits per heavy atom. The van der Waals surface area contributed by atoms with E-state index in [9.17, 15) is 9.59 Å². The van der Waals surface area contributed by atoms with Crippen molar-refractivity contribution in [2.24, 2.45) is 17.1 Å². The molecule has 0 rings (SSSR count). The van der Waals surface area contributed by atoms with Crippen LogP contribution in [0.2, 0.25) is 0 Å². The van der Waals surface area contributed by atoms with Crippen LogP contribution < -0.4 is 5.73 Å². The van der Waals surface area contributed by atoms with E-state index in [-0.39, 0.29) is 5.92 Å². The number of carbonyl (C=O) groups excluding carboxylic acids is 1. The molecule has 2 unspecified atom stereocenters. The first-order valence-electron chi connectivity index (χ1n) is 4.40. The topological polar surface area (TPSA) is 80.4 Å². The minimum Gasteiger partial charge on any atom is -0.480 e. The number of carboxylic acids is 1. The Morgan fingerprint density at radius 3 is 2.23 bits per heavy atom. The molecule has 4 heteroatoms. The lowest BCUT2D eigenvalue weighted by molar-refractivity contribution is -0.157. The maximum absolute atomic E-state index is 11.0. The van der Waals surface area contributed by atoms with Gasteiger partial charge < -0.3 is 10.8 Å². The van der Waals surface area contributed by atoms with Gasteiger partial charge in [0.25, 0.3) is 0 Å². The van der Waals surface area contributed by atoms with Gasteiger partial charge >= 0.3 is 5.97 Å². The SMILES string of the molecule is CCCC(C)C(C)(C(N)=O)C(=O)O. The lowest BCUT2D eigenvalue weighted by atomic mass is 9.75. The molecule has 0 aliphatic carbocycles. The molecular formula is C9H17NO3. The Bertz CT molecular complexity index is 199. The summed E-state index contributed by atoms with van der Waals surface area (Å²) in [5, 5.41) is 8.90. The number of rotatable bonds is 5. The standard InChI is InChI=1S/C9H17NO3/c1-4-5-6(2)9(3,7(10)11)8(12)13/h6H,4-5H2,1-3H3,(H2,10,11)(H,12,13). The van der Waals surface area contributed by atoms with E-state index >= 15 is 0 Å². The van der Waals surface area contributed by atoms with Gasteiger partial charge in [0.2, 0.25) is 5.91 Å². The summed E-state index contributed by atoms with van der Waals surface area (Å²) in [4.78, 5) is 21.9. The predicted octanol–water partition coefficient (Wildman–Crippen LogP) is 0.999. The molecule has 0 spiro atoms. The highest BCUT2D eigenvalue weighted by Crippen LogP contribution is 2.30. The molecule has 4 nitrogen and oxygen atoms in total. The summed E-state index contributed by atoms with van der Waals surface area (Å²) < 4.78 is 0. The lowest BCUT2D eigenvalue weighted by Crippen LogP contribution is -2.46. The van der Waals surface area contributed by atoms with Crippen molar-refractivity contribution < 1.29 is 14.7 Å². The molecule has 3 N–H and O–H groups in total. The molecule has 13 heavy (non-hydrogen) atoms. The summed E-state index contributed by atoms with van der Waals surface area (Å²) in [6, 6.07) is 0. The summed E-state index contributed by atoms with van der Waals surface area (Å²) in [6.07, 6.45) is 1.53. The number of primary amides is 1. The van der Waals surface area contributed by atoms with Gasteiger partial charge in [-0.3, -0.25) is 9.59 Å². The van der Waals surface area contributed by atoms with Crippen LogP contribution in [0.25, 0.3) is 0 Å². The molecule has 0 saturated heterocycles. The zero-order valence-corrected chi connectivity index (χ0v) is 8.33. The van der Waals surface area contributed by atoms with Crippen LogP contribution in [0.3, 0.4) is 0 Å². The number of amides is 1. The van der Waals surface area contributed by atoms with Gasteiger partial charge in [0.15, 0.2) is 0 Å². The quantitative estimate of drug-likeness (QED) is 0.630. The van der Waals surface area contributed by atoms with Crippen LogP contribution in [0.1, 0.15) is 33.6 Å². The third-order valence-electron chi connectivity index (χ3n) is 2.66. The number of nitrogens with two attached hydrogens (primary N) is 1. The van der Waals surface area contributed by atoms with Crippen molar-refractivity contribution in [3.63, 3.8) is 0 Å². The van der Waals surface area contributed by atoms with Crippen LogP contribution in [0.4, 0.5) is 0 Å². The van der Waals surface area contributed by atoms with E-state index in [4.69, 9.17) is 10.8 Å². The van der Waals surface area contributed by atoms with Gasteiger partial charge in [-0.05, 0) is 19.3 Å². The largest absolute Gasteiger partial charge is 0.480 e. The molecule has 0 aromatic carbocycles. The van der Waals surface area contributed by atoms with Crippen LogP contribution in [0, 0.1) is 11.3 Å². The fourth-order valence-corrected chi connectivity index (χ4v) is 1.28. The first kappa shape index (κ1) is 11.9. The number of hydrogen-bond donors (Lipinski definition) is 2. The minimum atomic E-state index is -1.43. The highest BCUT2D eigenvalue weighted by Gasteiger charge is 2.44. The second-order valence-corrected chi connectivity index (χ2v) is 3.56. The second-order valence-electron chi connectivity index (χ2n) is 3.56. The van der Waals surface area contributed by atoms with E-state index in [2.05, 4.69) is 0 Å². The van der Waals surface area contributed by atoms with Gasteiger partial charge in [-0.25, -0.2) is 0 Å². The molecule has 0 fully saturated rings. The van der Waals surface area contributed by atoms with Gasteiger partial charge in [-0.2, -0.15) is 0 Å². The van der Waals surface area contributed by atoms with Crippen LogP contribution in [0.5, 0.6) is 0 Å². The number of carboxylic acid groups (broad SMARTS) is 1. The first-order chi connectivity index (χ1) is 5.87. The van der Waals surface area contributed by atoms with Crippen molar-refractivity contribution in [2.75, 3.05) is 0 Å². The van der Waals surface area contributed by atoms with Crippen molar-refractivity contribution in [3.05, 3.63) is 0 Å². The van der Waals surface area contributed by atoms with Gasteiger partial charge in [0, 0.05) is 0 Å². The Kier molecular flexibility index (Phi) is 3.91. The van der Waals surface area contributed by atoms with Gasteiger partial charge in [0.1, 0.15) is 5.41 Å². The molecule has 2 atom stereocenters. The Hall–Kier alpha value is -1.06. The summed E-state index contributed by atoms with van der Waals surface area (Å²) in [5.41, 5.74) is 3.65. The number of carbonyl (C=O) groups is 2. The minimum absolute atomic E-state index is 0.229. The highest BCUT2D eigenvalue weighted by molar-refractivity contribution is 6.00. The monoisotopic (exact) mass is 187 g/mol. The average Bonchev–Trinajstić information content (AvgIpc) is 2.02. The molecule has 0 radical (unpaired) electrons. The van der Waals surface area contributed by atoms with Gasteiger partial charge in [0.05, 0.1) is 0 Å². The molecule has 0 heterocycles. The summed E-state index contributed by atoms with van der Waals surface area (Å²) in [6.45, 7) is 5.07. The summed E-state index contributed by atoms with van der Waals surface area (Å²) >= 11 is 0. The van der Waals surface area contributed by atoms with E-state index < -0.39 is 17.3 Å². The average molecular weight is 187 g/mol. The predicted molar refractivity (Wildman–Crippen MR) is 49.0 cm³/mol. The second kappa shape index (κ2) is 4.25. The van der Waals surface area contributed by atoms with E-state index in [1.165, 1.54) is 6.92 Å². The maximum atomic E-state index is 11.0. The van der Waals surface area contributed by atoms with Crippen LogP contribution in [-0.4, -0.2) is 17.0 Å². The molecular weight excluding hydrogens is 170 g/mol. The molecule has 0 aliphatic heterocycles. The fraction of sp³-hybridized carbons (Fsp3) is 0.778. The number of hydrogen-bond acceptors (Lipinski definition) is 2. The lowest BCUT2D eigenvalue weighted by Gasteiger charge is -2.27. The third-order valence-corrected chi connectivity index (χ3v) is 2.66. The highest BCUT2D eigenvalue weighted by atomic mass is 16.4. The first-order valence-corrected chi connectivity index (χ1v) is 4.40. The summed E-state index contributed by atoms with van der Waals surface area (Å²) in [5.74, 6) is -2.13. The number of aliphatic carboxylic acids is 1. The molecule has 0 bridgehead atoms. The van der Waals surface area contributed by atoms with Crippen molar-refractivity contribution in [1.82, 2.24) is 0 Å². The molecule has 1 amide bonds. The molecule has 0 aliphatic rings. The van der Waals surface area contributed by atoms with Crippen LogP contribution in [-0.2, 0) is 9.59 Å². The summed E-state index contributed by atoms with van der Waals surface area (Å²) in [7, 11) is 0.